The van der Waals surface area contributed by atoms with E-state index in [2.05, 4.69) is 0 Å². The van der Waals surface area contributed by atoms with Crippen molar-refractivity contribution < 1.29 is 9.60 Å². The van der Waals surface area contributed by atoms with Crippen molar-refractivity contribution in [2.45, 2.75) is 0 Å². The van der Waals surface area contributed by atoms with Crippen LogP contribution >= 0.6 is 0 Å². The molecule has 196 valence electrons. The lowest BCUT2D eigenvalue weighted by molar-refractivity contribution is 1.60. The first-order chi connectivity index (χ1) is 23.8. The van der Waals surface area contributed by atoms with E-state index in [1.165, 1.54) is 0 Å². The number of benzene rings is 8. The van der Waals surface area contributed by atoms with Crippen LogP contribution in [0.25, 0.3) is 76.8 Å². The molecule has 0 aliphatic rings. The molecule has 0 spiro atoms. The van der Waals surface area contributed by atoms with Gasteiger partial charge in [0.15, 0.2) is 0 Å². The largest absolute Gasteiger partial charge is 0.0636 e. The molecular weight excluding hydrogens is 504 g/mol. The second-order valence-electron chi connectivity index (χ2n) is 10.3. The highest BCUT2D eigenvalue weighted by Crippen LogP contribution is 2.47. The highest BCUT2D eigenvalue weighted by molar-refractivity contribution is 6.23. The molecule has 8 rings (SSSR count). The molecule has 8 aromatic rings. The van der Waals surface area contributed by atoms with Crippen molar-refractivity contribution in [3.63, 3.8) is 0 Å². The van der Waals surface area contributed by atoms with Gasteiger partial charge in [0.05, 0.1) is 9.60 Å². The summed E-state index contributed by atoms with van der Waals surface area (Å²) in [7, 11) is 0. The first kappa shape index (κ1) is 18.1. The zero-order valence-corrected chi connectivity index (χ0v) is 22.6. The minimum atomic E-state index is -0.384. The van der Waals surface area contributed by atoms with Crippen LogP contribution in [0.2, 0.25) is 0 Å². The summed E-state index contributed by atoms with van der Waals surface area (Å²) in [5.41, 5.74) is 4.80. The molecule has 0 nitrogen and oxygen atoms in total. The van der Waals surface area contributed by atoms with Gasteiger partial charge in [0.1, 0.15) is 0 Å². The molecule has 0 N–H and O–H groups in total. The molecule has 0 aromatic heterocycles. The number of hydrogen-bond acceptors (Lipinski definition) is 0. The summed E-state index contributed by atoms with van der Waals surface area (Å²) in [5, 5.41) is 3.12. The molecular formula is C42H28. The fraction of sp³-hybridized carbons (Fsp3) is 0. The first-order valence-electron chi connectivity index (χ1n) is 17.5. The molecule has 8 aromatic carbocycles. The Kier molecular flexibility index (Phi) is 4.38. The summed E-state index contributed by atoms with van der Waals surface area (Å²) >= 11 is 0. The highest BCUT2D eigenvalue weighted by Gasteiger charge is 2.19. The SMILES string of the molecule is [2H]c1c([2H])c([2H])c2c(-c3ccccc3-c3ccccc3)c3c([2H])c(-c4ccccc4)c([2H])c([2H])c3c(-c3ccc4ccccc4c3)c2c1[2H]. The number of fused-ring (bicyclic) bond motifs is 3. The van der Waals surface area contributed by atoms with Gasteiger partial charge in [-0.15, -0.1) is 0 Å². The second kappa shape index (κ2) is 10.2. The third-order valence-corrected chi connectivity index (χ3v) is 7.88. The van der Waals surface area contributed by atoms with Crippen molar-refractivity contribution in [2.75, 3.05) is 0 Å². The Morgan fingerprint density at radius 2 is 0.952 bits per heavy atom. The molecule has 0 bridgehead atoms. The average Bonchev–Trinajstić information content (AvgIpc) is 3.15. The fourth-order valence-corrected chi connectivity index (χ4v) is 5.94. The maximum absolute atomic E-state index is 9.87. The summed E-state index contributed by atoms with van der Waals surface area (Å²) in [6, 6.07) is 38.9. The molecule has 42 heavy (non-hydrogen) atoms. The molecule has 0 saturated carbocycles. The van der Waals surface area contributed by atoms with Gasteiger partial charge in [-0.25, -0.2) is 0 Å². The smallest absolute Gasteiger partial charge is 0.0622 e. The fourth-order valence-electron chi connectivity index (χ4n) is 5.94. The molecule has 0 aliphatic heterocycles. The first-order valence-corrected chi connectivity index (χ1v) is 14.0. The van der Waals surface area contributed by atoms with Gasteiger partial charge >= 0.3 is 0 Å². The zero-order valence-electron chi connectivity index (χ0n) is 29.6. The number of rotatable bonds is 4. The predicted molar refractivity (Wildman–Crippen MR) is 181 cm³/mol. The van der Waals surface area contributed by atoms with Crippen molar-refractivity contribution in [3.8, 4) is 44.5 Å². The lowest BCUT2D eigenvalue weighted by Crippen LogP contribution is -1.93. The van der Waals surface area contributed by atoms with Crippen molar-refractivity contribution in [3.05, 3.63) is 170 Å². The Morgan fingerprint density at radius 1 is 0.357 bits per heavy atom. The van der Waals surface area contributed by atoms with Gasteiger partial charge in [0.25, 0.3) is 0 Å². The van der Waals surface area contributed by atoms with E-state index in [0.717, 1.165) is 21.9 Å². The lowest BCUT2D eigenvalue weighted by Gasteiger charge is -2.20. The molecule has 0 radical (unpaired) electrons. The Balaban J connectivity index is 1.70. The Bertz CT molecular complexity index is 2610. The van der Waals surface area contributed by atoms with Crippen LogP contribution in [0.5, 0.6) is 0 Å². The van der Waals surface area contributed by atoms with E-state index >= 15 is 0 Å². The van der Waals surface area contributed by atoms with E-state index in [4.69, 9.17) is 2.74 Å². The van der Waals surface area contributed by atoms with E-state index in [1.807, 2.05) is 127 Å². The van der Waals surface area contributed by atoms with E-state index in [1.54, 1.807) is 0 Å². The van der Waals surface area contributed by atoms with Crippen LogP contribution in [0.15, 0.2) is 170 Å². The predicted octanol–water partition coefficient (Wildman–Crippen LogP) is 11.8. The third kappa shape index (κ3) is 4.08. The van der Waals surface area contributed by atoms with E-state index < -0.39 is 0 Å². The highest BCUT2D eigenvalue weighted by atomic mass is 14.2. The van der Waals surface area contributed by atoms with Crippen LogP contribution < -0.4 is 0 Å². The van der Waals surface area contributed by atoms with Crippen molar-refractivity contribution >= 4 is 32.3 Å². The molecule has 0 saturated heterocycles. The van der Waals surface area contributed by atoms with E-state index in [0.29, 0.717) is 44.2 Å². The van der Waals surface area contributed by atoms with Gasteiger partial charge in [-0.05, 0) is 88.9 Å². The van der Waals surface area contributed by atoms with E-state index in [-0.39, 0.29) is 53.1 Å². The summed E-state index contributed by atoms with van der Waals surface area (Å²) in [5.74, 6) is 0. The summed E-state index contributed by atoms with van der Waals surface area (Å²) in [6.07, 6.45) is 0. The van der Waals surface area contributed by atoms with Crippen LogP contribution in [0.4, 0.5) is 0 Å². The minimum absolute atomic E-state index is 0.0245. The topological polar surface area (TPSA) is 0 Å². The monoisotopic (exact) mass is 539 g/mol. The van der Waals surface area contributed by atoms with Crippen LogP contribution in [0.3, 0.4) is 0 Å². The van der Waals surface area contributed by atoms with E-state index in [9.17, 15) is 6.85 Å². The summed E-state index contributed by atoms with van der Waals surface area (Å²) < 4.78 is 65.2. The Morgan fingerprint density at radius 3 is 1.71 bits per heavy atom. The zero-order chi connectivity index (χ0) is 34.0. The molecule has 0 unspecified atom stereocenters. The third-order valence-electron chi connectivity index (χ3n) is 7.88. The van der Waals surface area contributed by atoms with Crippen molar-refractivity contribution in [1.29, 1.82) is 0 Å². The van der Waals surface area contributed by atoms with Gasteiger partial charge in [-0.2, -0.15) is 0 Å². The minimum Gasteiger partial charge on any atom is -0.0622 e. The van der Waals surface area contributed by atoms with Gasteiger partial charge in [0.2, 0.25) is 0 Å². The maximum Gasteiger partial charge on any atom is 0.0636 e. The molecule has 0 aliphatic carbocycles. The summed E-state index contributed by atoms with van der Waals surface area (Å²) in [4.78, 5) is 0. The van der Waals surface area contributed by atoms with Crippen LogP contribution in [-0.4, -0.2) is 0 Å². The van der Waals surface area contributed by atoms with Gasteiger partial charge in [-0.1, -0.05) is 158 Å². The summed E-state index contributed by atoms with van der Waals surface area (Å²) in [6.45, 7) is 0. The van der Waals surface area contributed by atoms with Crippen molar-refractivity contribution in [1.82, 2.24) is 0 Å². The van der Waals surface area contributed by atoms with Crippen molar-refractivity contribution in [2.24, 2.45) is 0 Å². The van der Waals surface area contributed by atoms with Crippen LogP contribution in [0, 0.1) is 0 Å². The quantitative estimate of drug-likeness (QED) is 0.195. The Labute approximate surface area is 256 Å². The number of hydrogen-bond donors (Lipinski definition) is 0. The maximum atomic E-state index is 9.87. The van der Waals surface area contributed by atoms with Crippen LogP contribution in [-0.2, 0) is 0 Å². The van der Waals surface area contributed by atoms with Gasteiger partial charge < -0.3 is 0 Å². The Hall–Kier alpha value is -5.46. The molecule has 0 heterocycles. The molecule has 0 atom stereocenters. The molecule has 0 amide bonds. The lowest BCUT2D eigenvalue weighted by atomic mass is 9.82. The standard InChI is InChI=1S/C42H28/c1-3-13-29(14-4-1)33-25-26-39-40(28-33)42(36-20-10-9-19-35(36)31-16-5-2-6-17-31)38-22-12-11-21-37(38)41(39)34-24-23-30-15-7-8-18-32(30)27-34/h1-28H/i11D,12D,21D,22D,25D,26D,28D. The second-order valence-corrected chi connectivity index (χ2v) is 10.3. The molecule has 0 fully saturated rings. The van der Waals surface area contributed by atoms with Crippen LogP contribution in [0.1, 0.15) is 9.60 Å². The normalized spacial score (nSPS) is 13.7. The van der Waals surface area contributed by atoms with Gasteiger partial charge in [0, 0.05) is 0 Å². The van der Waals surface area contributed by atoms with Gasteiger partial charge in [-0.3, -0.25) is 0 Å². The average molecular weight is 540 g/mol. The molecule has 0 heteroatoms.